The van der Waals surface area contributed by atoms with E-state index in [9.17, 15) is 8.42 Å². The zero-order valence-corrected chi connectivity index (χ0v) is 13.9. The van der Waals surface area contributed by atoms with Gasteiger partial charge in [-0.2, -0.15) is 0 Å². The van der Waals surface area contributed by atoms with Crippen LogP contribution in [0.15, 0.2) is 16.3 Å². The molecule has 0 spiro atoms. The standard InChI is InChI=1S/C14H24N2O2S2/c1-3-4-5-10-16(2)20(17,18)14-9-8-13(19-14)11-15-12-6-7-12/h8-9,12,15H,3-7,10-11H2,1-2H3. The summed E-state index contributed by atoms with van der Waals surface area (Å²) in [6.07, 6.45) is 5.59. The van der Waals surface area contributed by atoms with Crippen LogP contribution < -0.4 is 5.32 Å². The monoisotopic (exact) mass is 316 g/mol. The molecule has 2 rings (SSSR count). The third-order valence-electron chi connectivity index (χ3n) is 3.52. The molecule has 6 heteroatoms. The van der Waals surface area contributed by atoms with Crippen molar-refractivity contribution in [2.75, 3.05) is 13.6 Å². The lowest BCUT2D eigenvalue weighted by atomic mass is 10.2. The number of hydrogen-bond donors (Lipinski definition) is 1. The molecule has 1 aliphatic rings. The predicted molar refractivity (Wildman–Crippen MR) is 83.5 cm³/mol. The fraction of sp³-hybridized carbons (Fsp3) is 0.714. The Hall–Kier alpha value is -0.430. The topological polar surface area (TPSA) is 49.4 Å². The van der Waals surface area contributed by atoms with Crippen LogP contribution in [0.5, 0.6) is 0 Å². The molecule has 0 amide bonds. The Morgan fingerprint density at radius 3 is 2.75 bits per heavy atom. The zero-order valence-electron chi connectivity index (χ0n) is 12.3. The van der Waals surface area contributed by atoms with Crippen LogP contribution in [-0.4, -0.2) is 32.4 Å². The third-order valence-corrected chi connectivity index (χ3v) is 6.93. The molecular weight excluding hydrogens is 292 g/mol. The van der Waals surface area contributed by atoms with Gasteiger partial charge >= 0.3 is 0 Å². The van der Waals surface area contributed by atoms with Gasteiger partial charge in [-0.15, -0.1) is 11.3 Å². The number of thiophene rings is 1. The van der Waals surface area contributed by atoms with E-state index in [-0.39, 0.29) is 0 Å². The highest BCUT2D eigenvalue weighted by molar-refractivity contribution is 7.91. The van der Waals surface area contributed by atoms with Crippen LogP contribution in [0.25, 0.3) is 0 Å². The van der Waals surface area contributed by atoms with Gasteiger partial charge in [0.2, 0.25) is 0 Å². The van der Waals surface area contributed by atoms with Crippen LogP contribution >= 0.6 is 11.3 Å². The first-order valence-corrected chi connectivity index (χ1v) is 9.58. The molecule has 1 fully saturated rings. The highest BCUT2D eigenvalue weighted by Crippen LogP contribution is 2.26. The number of unbranched alkanes of at least 4 members (excludes halogenated alkanes) is 2. The summed E-state index contributed by atoms with van der Waals surface area (Å²) in [4.78, 5) is 1.09. The Labute approximate surface area is 126 Å². The molecule has 4 nitrogen and oxygen atoms in total. The molecule has 0 saturated heterocycles. The molecule has 0 radical (unpaired) electrons. The number of nitrogens with one attached hydrogen (secondary N) is 1. The molecule has 1 heterocycles. The first-order chi connectivity index (χ1) is 9.54. The Kier molecular flexibility index (Phi) is 5.60. The summed E-state index contributed by atoms with van der Waals surface area (Å²) in [5, 5.41) is 3.41. The molecular formula is C14H24N2O2S2. The normalized spacial score (nSPS) is 15.9. The van der Waals surface area contributed by atoms with E-state index in [2.05, 4.69) is 12.2 Å². The van der Waals surface area contributed by atoms with Crippen molar-refractivity contribution in [3.05, 3.63) is 17.0 Å². The third kappa shape index (κ3) is 4.28. The van der Waals surface area contributed by atoms with Gasteiger partial charge in [-0.1, -0.05) is 19.8 Å². The SMILES string of the molecule is CCCCCN(C)S(=O)(=O)c1ccc(CNC2CC2)s1. The maximum atomic E-state index is 12.4. The van der Waals surface area contributed by atoms with E-state index in [1.165, 1.54) is 28.5 Å². The lowest BCUT2D eigenvalue weighted by Crippen LogP contribution is -2.27. The van der Waals surface area contributed by atoms with Crippen molar-refractivity contribution in [3.8, 4) is 0 Å². The van der Waals surface area contributed by atoms with E-state index in [4.69, 9.17) is 0 Å². The van der Waals surface area contributed by atoms with E-state index in [0.717, 1.165) is 30.7 Å². The summed E-state index contributed by atoms with van der Waals surface area (Å²) < 4.78 is 26.8. The second-order valence-corrected chi connectivity index (χ2v) is 8.85. The molecule has 1 N–H and O–H groups in total. The van der Waals surface area contributed by atoms with Crippen LogP contribution in [0.1, 0.15) is 43.9 Å². The zero-order chi connectivity index (χ0) is 14.6. The minimum Gasteiger partial charge on any atom is -0.309 e. The fourth-order valence-corrected chi connectivity index (χ4v) is 4.71. The van der Waals surface area contributed by atoms with Crippen LogP contribution in [0, 0.1) is 0 Å². The minimum absolute atomic E-state index is 0.462. The summed E-state index contributed by atoms with van der Waals surface area (Å²) in [6.45, 7) is 3.50. The van der Waals surface area contributed by atoms with Gasteiger partial charge in [-0.05, 0) is 31.4 Å². The second kappa shape index (κ2) is 7.02. The molecule has 20 heavy (non-hydrogen) atoms. The molecule has 1 aromatic heterocycles. The second-order valence-electron chi connectivity index (χ2n) is 5.41. The predicted octanol–water partition coefficient (Wildman–Crippen LogP) is 2.81. The van der Waals surface area contributed by atoms with E-state index in [0.29, 0.717) is 16.8 Å². The molecule has 0 bridgehead atoms. The van der Waals surface area contributed by atoms with Gasteiger partial charge in [0.05, 0.1) is 0 Å². The van der Waals surface area contributed by atoms with Gasteiger partial charge < -0.3 is 5.32 Å². The Morgan fingerprint density at radius 1 is 1.35 bits per heavy atom. The molecule has 1 aromatic rings. The Bertz CT molecular complexity index is 521. The number of nitrogens with zero attached hydrogens (tertiary/aromatic N) is 1. The van der Waals surface area contributed by atoms with Crippen LogP contribution in [0.4, 0.5) is 0 Å². The minimum atomic E-state index is -3.30. The van der Waals surface area contributed by atoms with Gasteiger partial charge in [0.25, 0.3) is 10.0 Å². The average Bonchev–Trinajstić information content (AvgIpc) is 3.12. The average molecular weight is 316 g/mol. The largest absolute Gasteiger partial charge is 0.309 e. The molecule has 0 aromatic carbocycles. The van der Waals surface area contributed by atoms with E-state index >= 15 is 0 Å². The van der Waals surface area contributed by atoms with Crippen molar-refractivity contribution in [2.45, 2.75) is 55.8 Å². The lowest BCUT2D eigenvalue weighted by molar-refractivity contribution is 0.456. The van der Waals surface area contributed by atoms with Crippen molar-refractivity contribution in [3.63, 3.8) is 0 Å². The number of hydrogen-bond acceptors (Lipinski definition) is 4. The molecule has 0 unspecified atom stereocenters. The van der Waals surface area contributed by atoms with E-state index in [1.54, 1.807) is 13.1 Å². The molecule has 0 aliphatic heterocycles. The molecule has 1 saturated carbocycles. The van der Waals surface area contributed by atoms with Gasteiger partial charge in [0.15, 0.2) is 0 Å². The van der Waals surface area contributed by atoms with Crippen molar-refractivity contribution in [1.29, 1.82) is 0 Å². The Balaban J connectivity index is 1.93. The lowest BCUT2D eigenvalue weighted by Gasteiger charge is -2.15. The van der Waals surface area contributed by atoms with Crippen LogP contribution in [-0.2, 0) is 16.6 Å². The summed E-state index contributed by atoms with van der Waals surface area (Å²) in [5.74, 6) is 0. The van der Waals surface area contributed by atoms with E-state index < -0.39 is 10.0 Å². The maximum Gasteiger partial charge on any atom is 0.252 e. The summed E-state index contributed by atoms with van der Waals surface area (Å²) in [5.41, 5.74) is 0. The van der Waals surface area contributed by atoms with Gasteiger partial charge in [0.1, 0.15) is 4.21 Å². The molecule has 114 valence electrons. The highest BCUT2D eigenvalue weighted by atomic mass is 32.2. The summed E-state index contributed by atoms with van der Waals surface area (Å²) in [6, 6.07) is 4.31. The van der Waals surface area contributed by atoms with Crippen molar-refractivity contribution >= 4 is 21.4 Å². The van der Waals surface area contributed by atoms with Crippen LogP contribution in [0.3, 0.4) is 0 Å². The summed E-state index contributed by atoms with van der Waals surface area (Å²) in [7, 11) is -1.62. The molecule has 0 atom stereocenters. The number of sulfonamides is 1. The quantitative estimate of drug-likeness (QED) is 0.713. The van der Waals surface area contributed by atoms with Gasteiger partial charge in [0, 0.05) is 31.1 Å². The first-order valence-electron chi connectivity index (χ1n) is 7.32. The summed E-state index contributed by atoms with van der Waals surface area (Å²) >= 11 is 1.38. The Morgan fingerprint density at radius 2 is 2.10 bits per heavy atom. The van der Waals surface area contributed by atoms with Crippen molar-refractivity contribution in [1.82, 2.24) is 9.62 Å². The highest BCUT2D eigenvalue weighted by Gasteiger charge is 2.23. The smallest absolute Gasteiger partial charge is 0.252 e. The van der Waals surface area contributed by atoms with Gasteiger partial charge in [-0.3, -0.25) is 0 Å². The first kappa shape index (κ1) is 15.9. The van der Waals surface area contributed by atoms with Gasteiger partial charge in [-0.25, -0.2) is 12.7 Å². The number of rotatable bonds is 9. The maximum absolute atomic E-state index is 12.4. The molecule has 1 aliphatic carbocycles. The van der Waals surface area contributed by atoms with E-state index in [1.807, 2.05) is 6.07 Å². The van der Waals surface area contributed by atoms with Crippen molar-refractivity contribution in [2.24, 2.45) is 0 Å². The van der Waals surface area contributed by atoms with Crippen LogP contribution in [0.2, 0.25) is 0 Å². The van der Waals surface area contributed by atoms with Crippen molar-refractivity contribution < 1.29 is 8.42 Å². The fourth-order valence-electron chi connectivity index (χ4n) is 1.98.